The largest absolute Gasteiger partial charge is 0.462 e. The molecule has 10 heteroatoms. The number of hydrogen-bond donors (Lipinski definition) is 1. The lowest BCUT2D eigenvalue weighted by atomic mass is 10.1. The predicted molar refractivity (Wildman–Crippen MR) is 134 cm³/mol. The number of ether oxygens (including phenoxy) is 1. The molecule has 3 rings (SSSR count). The van der Waals surface area contributed by atoms with Crippen LogP contribution in [-0.2, 0) is 21.3 Å². The lowest BCUT2D eigenvalue weighted by Gasteiger charge is -2.23. The van der Waals surface area contributed by atoms with Crippen molar-refractivity contribution in [2.24, 2.45) is 0 Å². The second kappa shape index (κ2) is 10.9. The first-order valence-electron chi connectivity index (χ1n) is 10.2. The summed E-state index contributed by atoms with van der Waals surface area (Å²) in [4.78, 5) is 24.9. The molecule has 34 heavy (non-hydrogen) atoms. The van der Waals surface area contributed by atoms with Crippen LogP contribution in [0.2, 0.25) is 10.0 Å². The fraction of sp³-hybridized carbons (Fsp3) is 0.167. The Balaban J connectivity index is 1.85. The van der Waals surface area contributed by atoms with E-state index in [1.807, 2.05) is 0 Å². The summed E-state index contributed by atoms with van der Waals surface area (Å²) in [5.74, 6) is -1.01. The number of para-hydroxylation sites is 1. The Kier molecular flexibility index (Phi) is 8.19. The number of anilines is 2. The molecule has 0 bridgehead atoms. The molecule has 7 nitrogen and oxygen atoms in total. The minimum Gasteiger partial charge on any atom is -0.462 e. The second-order valence-electron chi connectivity index (χ2n) is 7.24. The van der Waals surface area contributed by atoms with Gasteiger partial charge in [-0.15, -0.1) is 0 Å². The molecular weight excluding hydrogens is 499 g/mol. The van der Waals surface area contributed by atoms with E-state index in [-0.39, 0.29) is 24.3 Å². The van der Waals surface area contributed by atoms with E-state index in [0.717, 1.165) is 10.6 Å². The van der Waals surface area contributed by atoms with Gasteiger partial charge in [0.15, 0.2) is 0 Å². The number of esters is 1. The number of carbonyl (C=O) groups is 2. The molecule has 0 aliphatic carbocycles. The summed E-state index contributed by atoms with van der Waals surface area (Å²) < 4.78 is 31.2. The summed E-state index contributed by atoms with van der Waals surface area (Å²) >= 11 is 12.4. The van der Waals surface area contributed by atoms with Crippen LogP contribution in [0.15, 0.2) is 66.7 Å². The number of amides is 1. The molecule has 178 valence electrons. The van der Waals surface area contributed by atoms with E-state index in [9.17, 15) is 18.0 Å². The van der Waals surface area contributed by atoms with Crippen molar-refractivity contribution < 1.29 is 22.7 Å². The van der Waals surface area contributed by atoms with Crippen molar-refractivity contribution in [2.75, 3.05) is 22.5 Å². The zero-order chi connectivity index (χ0) is 24.9. The van der Waals surface area contributed by atoms with Gasteiger partial charge in [0.25, 0.3) is 5.91 Å². The number of halogens is 2. The van der Waals surface area contributed by atoms with Crippen molar-refractivity contribution >= 4 is 56.5 Å². The highest BCUT2D eigenvalue weighted by atomic mass is 35.5. The van der Waals surface area contributed by atoms with Crippen molar-refractivity contribution in [3.05, 3.63) is 93.5 Å². The van der Waals surface area contributed by atoms with Gasteiger partial charge in [0, 0.05) is 21.2 Å². The molecule has 0 heterocycles. The number of nitrogens with zero attached hydrogens (tertiary/aromatic N) is 1. The fourth-order valence-electron chi connectivity index (χ4n) is 3.18. The SMILES string of the molecule is CCOC(=O)c1ccccc1NC(=O)c1ccc(N(Cc2c(Cl)cccc2Cl)S(C)(=O)=O)cc1. The molecule has 0 aliphatic heterocycles. The zero-order valence-electron chi connectivity index (χ0n) is 18.4. The van der Waals surface area contributed by atoms with Gasteiger partial charge in [-0.1, -0.05) is 41.4 Å². The summed E-state index contributed by atoms with van der Waals surface area (Å²) in [6, 6.07) is 17.4. The van der Waals surface area contributed by atoms with Crippen LogP contribution in [0, 0.1) is 0 Å². The molecule has 3 aromatic rings. The summed E-state index contributed by atoms with van der Waals surface area (Å²) in [7, 11) is -3.69. The van der Waals surface area contributed by atoms with E-state index < -0.39 is 21.9 Å². The van der Waals surface area contributed by atoms with Gasteiger partial charge in [-0.2, -0.15) is 0 Å². The van der Waals surface area contributed by atoms with Gasteiger partial charge >= 0.3 is 5.97 Å². The Morgan fingerprint density at radius 2 is 1.56 bits per heavy atom. The molecule has 0 unspecified atom stereocenters. The third-order valence-electron chi connectivity index (χ3n) is 4.85. The fourth-order valence-corrected chi connectivity index (χ4v) is 4.56. The number of hydrogen-bond acceptors (Lipinski definition) is 5. The van der Waals surface area contributed by atoms with E-state index in [0.29, 0.717) is 27.0 Å². The van der Waals surface area contributed by atoms with E-state index in [1.54, 1.807) is 49.4 Å². The van der Waals surface area contributed by atoms with Gasteiger partial charge in [-0.3, -0.25) is 9.10 Å². The van der Waals surface area contributed by atoms with Crippen LogP contribution in [0.3, 0.4) is 0 Å². The summed E-state index contributed by atoms with van der Waals surface area (Å²) in [5, 5.41) is 3.38. The minimum atomic E-state index is -3.69. The van der Waals surface area contributed by atoms with E-state index in [2.05, 4.69) is 5.32 Å². The molecule has 0 saturated carbocycles. The van der Waals surface area contributed by atoms with Crippen molar-refractivity contribution in [2.45, 2.75) is 13.5 Å². The van der Waals surface area contributed by atoms with Gasteiger partial charge in [0.05, 0.1) is 36.3 Å². The maximum absolute atomic E-state index is 12.8. The number of benzene rings is 3. The Morgan fingerprint density at radius 3 is 2.15 bits per heavy atom. The molecule has 0 radical (unpaired) electrons. The normalized spacial score (nSPS) is 11.1. The highest BCUT2D eigenvalue weighted by molar-refractivity contribution is 7.92. The number of rotatable bonds is 8. The molecule has 3 aromatic carbocycles. The predicted octanol–water partition coefficient (Wildman–Crippen LogP) is 5.39. The van der Waals surface area contributed by atoms with E-state index in [1.165, 1.54) is 24.3 Å². The van der Waals surface area contributed by atoms with Crippen molar-refractivity contribution in [3.8, 4) is 0 Å². The number of carbonyl (C=O) groups excluding carboxylic acids is 2. The molecule has 0 spiro atoms. The lowest BCUT2D eigenvalue weighted by molar-refractivity contribution is 0.0527. The van der Waals surface area contributed by atoms with Crippen molar-refractivity contribution in [1.29, 1.82) is 0 Å². The van der Waals surface area contributed by atoms with Crippen LogP contribution in [-0.4, -0.2) is 33.2 Å². The monoisotopic (exact) mass is 520 g/mol. The van der Waals surface area contributed by atoms with Crippen LogP contribution in [0.5, 0.6) is 0 Å². The number of sulfonamides is 1. The second-order valence-corrected chi connectivity index (χ2v) is 9.96. The zero-order valence-corrected chi connectivity index (χ0v) is 20.7. The van der Waals surface area contributed by atoms with Gasteiger partial charge in [0.2, 0.25) is 10.0 Å². The third-order valence-corrected chi connectivity index (χ3v) is 6.70. The van der Waals surface area contributed by atoms with Crippen LogP contribution in [0.4, 0.5) is 11.4 Å². The smallest absolute Gasteiger partial charge is 0.340 e. The average molecular weight is 521 g/mol. The van der Waals surface area contributed by atoms with Gasteiger partial charge in [0.1, 0.15) is 0 Å². The van der Waals surface area contributed by atoms with Crippen LogP contribution in [0.1, 0.15) is 33.2 Å². The summed E-state index contributed by atoms with van der Waals surface area (Å²) in [6.07, 6.45) is 1.07. The topological polar surface area (TPSA) is 92.8 Å². The maximum atomic E-state index is 12.8. The average Bonchev–Trinajstić information content (AvgIpc) is 2.78. The molecule has 0 aliphatic rings. The lowest BCUT2D eigenvalue weighted by Crippen LogP contribution is -2.29. The molecule has 0 aromatic heterocycles. The Bertz CT molecular complexity index is 1290. The van der Waals surface area contributed by atoms with Gasteiger partial charge in [-0.05, 0) is 55.5 Å². The first kappa shape index (κ1) is 25.6. The Labute approximate surface area is 208 Å². The van der Waals surface area contributed by atoms with E-state index in [4.69, 9.17) is 27.9 Å². The first-order valence-corrected chi connectivity index (χ1v) is 12.8. The molecule has 1 amide bonds. The van der Waals surface area contributed by atoms with Crippen LogP contribution in [0.25, 0.3) is 0 Å². The molecule has 0 fully saturated rings. The Morgan fingerprint density at radius 1 is 0.941 bits per heavy atom. The quantitative estimate of drug-likeness (QED) is 0.402. The van der Waals surface area contributed by atoms with Gasteiger partial charge in [-0.25, -0.2) is 13.2 Å². The standard InChI is InChI=1S/C24H22Cl2N2O5S/c1-3-33-24(30)18-7-4-5-10-22(18)27-23(29)16-11-13-17(14-12-16)28(34(2,31)32)15-19-20(25)8-6-9-21(19)26/h4-14H,3,15H2,1-2H3,(H,27,29). The van der Waals surface area contributed by atoms with Gasteiger partial charge < -0.3 is 10.1 Å². The Hall–Kier alpha value is -3.07. The molecule has 1 N–H and O–H groups in total. The summed E-state index contributed by atoms with van der Waals surface area (Å²) in [5.41, 5.74) is 1.61. The minimum absolute atomic E-state index is 0.0736. The summed E-state index contributed by atoms with van der Waals surface area (Å²) in [6.45, 7) is 1.83. The highest BCUT2D eigenvalue weighted by Gasteiger charge is 2.21. The van der Waals surface area contributed by atoms with Crippen LogP contribution < -0.4 is 9.62 Å². The molecule has 0 atom stereocenters. The van der Waals surface area contributed by atoms with E-state index >= 15 is 0 Å². The maximum Gasteiger partial charge on any atom is 0.340 e. The highest BCUT2D eigenvalue weighted by Crippen LogP contribution is 2.29. The van der Waals surface area contributed by atoms with Crippen molar-refractivity contribution in [1.82, 2.24) is 0 Å². The molecule has 0 saturated heterocycles. The van der Waals surface area contributed by atoms with Crippen LogP contribution >= 0.6 is 23.2 Å². The molecular formula is C24H22Cl2N2O5S. The van der Waals surface area contributed by atoms with Crippen molar-refractivity contribution in [3.63, 3.8) is 0 Å². The third kappa shape index (κ3) is 6.08. The number of nitrogens with one attached hydrogen (secondary N) is 1. The first-order chi connectivity index (χ1) is 16.1.